The Hall–Kier alpha value is -3.06. The Balaban J connectivity index is 1.88. The van der Waals surface area contributed by atoms with E-state index >= 15 is 0 Å². The number of esters is 1. The van der Waals surface area contributed by atoms with Gasteiger partial charge >= 0.3 is 12.1 Å². The van der Waals surface area contributed by atoms with Gasteiger partial charge in [-0.1, -0.05) is 48.0 Å². The Morgan fingerprint density at radius 3 is 2.42 bits per heavy atom. The predicted molar refractivity (Wildman–Crippen MR) is 126 cm³/mol. The van der Waals surface area contributed by atoms with Gasteiger partial charge in [-0.2, -0.15) is 0 Å². The fraction of sp³-hybridized carbons (Fsp3) is 0.400. The van der Waals surface area contributed by atoms with Gasteiger partial charge in [-0.25, -0.2) is 4.79 Å². The Bertz CT molecular complexity index is 1030. The van der Waals surface area contributed by atoms with Crippen LogP contribution in [0.4, 0.5) is 10.5 Å². The fourth-order valence-corrected chi connectivity index (χ4v) is 4.01. The number of ether oxygens (including phenoxy) is 2. The molecule has 2 aromatic rings. The van der Waals surface area contributed by atoms with E-state index in [9.17, 15) is 14.4 Å². The molecule has 0 aliphatic carbocycles. The minimum Gasteiger partial charge on any atom is -0.468 e. The standard InChI is InChI=1S/C25H29ClN2O5/c1-25(2,3)33-24(31)28-20-12-8-6-10-18(20)15-21(28)23(30)27(16-22(29)32-4)14-13-17-9-5-7-11-19(17)26/h5-12,21H,13-16H2,1-4H3/t21-/m1/s1. The lowest BCUT2D eigenvalue weighted by Gasteiger charge is -2.31. The molecule has 0 spiro atoms. The third-order valence-corrected chi connectivity index (χ3v) is 5.69. The molecule has 1 aliphatic heterocycles. The molecule has 0 fully saturated rings. The number of carbonyl (C=O) groups excluding carboxylic acids is 3. The molecule has 1 heterocycles. The van der Waals surface area contributed by atoms with Crippen molar-refractivity contribution in [1.82, 2.24) is 4.90 Å². The molecule has 0 aromatic heterocycles. The first-order valence-corrected chi connectivity index (χ1v) is 11.2. The Morgan fingerprint density at radius 2 is 1.76 bits per heavy atom. The molecule has 1 aliphatic rings. The van der Waals surface area contributed by atoms with E-state index in [4.69, 9.17) is 21.1 Å². The summed E-state index contributed by atoms with van der Waals surface area (Å²) in [7, 11) is 1.28. The molecule has 0 N–H and O–H groups in total. The predicted octanol–water partition coefficient (Wildman–Crippen LogP) is 4.25. The van der Waals surface area contributed by atoms with Crippen molar-refractivity contribution in [3.63, 3.8) is 0 Å². The summed E-state index contributed by atoms with van der Waals surface area (Å²) in [5.41, 5.74) is 1.64. The van der Waals surface area contributed by atoms with Crippen LogP contribution in [-0.4, -0.2) is 54.7 Å². The van der Waals surface area contributed by atoms with Gasteiger partial charge in [-0.3, -0.25) is 14.5 Å². The molecule has 176 valence electrons. The molecule has 0 saturated carbocycles. The lowest BCUT2D eigenvalue weighted by Crippen LogP contribution is -2.52. The fourth-order valence-electron chi connectivity index (χ4n) is 3.78. The lowest BCUT2D eigenvalue weighted by molar-refractivity contribution is -0.147. The maximum Gasteiger partial charge on any atom is 0.415 e. The third kappa shape index (κ3) is 6.05. The SMILES string of the molecule is COC(=O)CN(CCc1ccccc1Cl)C(=O)[C@H]1Cc2ccccc2N1C(=O)OC(C)(C)C. The van der Waals surface area contributed by atoms with Gasteiger partial charge in [0.1, 0.15) is 18.2 Å². The molecular formula is C25H29ClN2O5. The first-order valence-electron chi connectivity index (χ1n) is 10.8. The molecule has 2 aromatic carbocycles. The summed E-state index contributed by atoms with van der Waals surface area (Å²) in [6.45, 7) is 5.34. The minimum absolute atomic E-state index is 0.227. The zero-order chi connectivity index (χ0) is 24.2. The van der Waals surface area contributed by atoms with Crippen molar-refractivity contribution in [2.75, 3.05) is 25.1 Å². The number of fused-ring (bicyclic) bond motifs is 1. The third-order valence-electron chi connectivity index (χ3n) is 5.32. The van der Waals surface area contributed by atoms with E-state index in [1.54, 1.807) is 32.9 Å². The van der Waals surface area contributed by atoms with E-state index in [2.05, 4.69) is 0 Å². The van der Waals surface area contributed by atoms with Gasteiger partial charge in [0.05, 0.1) is 12.8 Å². The smallest absolute Gasteiger partial charge is 0.415 e. The molecule has 2 amide bonds. The lowest BCUT2D eigenvalue weighted by atomic mass is 10.1. The van der Waals surface area contributed by atoms with Crippen molar-refractivity contribution in [1.29, 1.82) is 0 Å². The summed E-state index contributed by atoms with van der Waals surface area (Å²) < 4.78 is 10.4. The molecule has 33 heavy (non-hydrogen) atoms. The maximum absolute atomic E-state index is 13.7. The van der Waals surface area contributed by atoms with Crippen LogP contribution in [0.2, 0.25) is 5.02 Å². The van der Waals surface area contributed by atoms with Crippen LogP contribution in [-0.2, 0) is 31.9 Å². The highest BCUT2D eigenvalue weighted by molar-refractivity contribution is 6.31. The number of hydrogen-bond acceptors (Lipinski definition) is 5. The van der Waals surface area contributed by atoms with Crippen LogP contribution in [0.1, 0.15) is 31.9 Å². The largest absolute Gasteiger partial charge is 0.468 e. The number of nitrogens with zero attached hydrogens (tertiary/aromatic N) is 2. The number of carbonyl (C=O) groups is 3. The van der Waals surface area contributed by atoms with E-state index in [1.165, 1.54) is 16.9 Å². The van der Waals surface area contributed by atoms with Crippen LogP contribution in [0.15, 0.2) is 48.5 Å². The van der Waals surface area contributed by atoms with Crippen molar-refractivity contribution < 1.29 is 23.9 Å². The van der Waals surface area contributed by atoms with E-state index in [1.807, 2.05) is 36.4 Å². The van der Waals surface area contributed by atoms with Gasteiger partial charge in [0.15, 0.2) is 0 Å². The van der Waals surface area contributed by atoms with Crippen LogP contribution in [0.5, 0.6) is 0 Å². The number of amides is 2. The Morgan fingerprint density at radius 1 is 1.09 bits per heavy atom. The van der Waals surface area contributed by atoms with Crippen LogP contribution < -0.4 is 4.90 Å². The second-order valence-electron chi connectivity index (χ2n) is 8.88. The monoisotopic (exact) mass is 472 g/mol. The number of anilines is 1. The molecule has 0 saturated heterocycles. The molecule has 0 unspecified atom stereocenters. The second kappa shape index (κ2) is 10.3. The first-order chi connectivity index (χ1) is 15.6. The highest BCUT2D eigenvalue weighted by Crippen LogP contribution is 2.34. The average Bonchev–Trinajstić information content (AvgIpc) is 3.15. The van der Waals surface area contributed by atoms with Crippen molar-refractivity contribution in [3.8, 4) is 0 Å². The first kappa shape index (κ1) is 24.6. The van der Waals surface area contributed by atoms with Gasteiger partial charge < -0.3 is 14.4 Å². The Labute approximate surface area is 199 Å². The molecule has 8 heteroatoms. The number of hydrogen-bond donors (Lipinski definition) is 0. The van der Waals surface area contributed by atoms with Crippen molar-refractivity contribution in [2.24, 2.45) is 0 Å². The van der Waals surface area contributed by atoms with Crippen LogP contribution in [0.25, 0.3) is 0 Å². The van der Waals surface area contributed by atoms with Gasteiger partial charge in [-0.15, -0.1) is 0 Å². The minimum atomic E-state index is -0.826. The van der Waals surface area contributed by atoms with E-state index in [-0.39, 0.29) is 19.0 Å². The molecule has 0 bridgehead atoms. The van der Waals surface area contributed by atoms with E-state index in [0.29, 0.717) is 23.6 Å². The quantitative estimate of drug-likeness (QED) is 0.587. The normalized spacial score (nSPS) is 15.1. The van der Waals surface area contributed by atoms with Crippen molar-refractivity contribution in [3.05, 3.63) is 64.7 Å². The van der Waals surface area contributed by atoms with Crippen LogP contribution >= 0.6 is 11.6 Å². The van der Waals surface area contributed by atoms with Gasteiger partial charge in [-0.05, 0) is 50.5 Å². The van der Waals surface area contributed by atoms with Gasteiger partial charge in [0.2, 0.25) is 5.91 Å². The molecular weight excluding hydrogens is 444 g/mol. The maximum atomic E-state index is 13.7. The van der Waals surface area contributed by atoms with E-state index < -0.39 is 23.7 Å². The molecule has 1 atom stereocenters. The van der Waals surface area contributed by atoms with Gasteiger partial charge in [0, 0.05) is 18.0 Å². The van der Waals surface area contributed by atoms with Gasteiger partial charge in [0.25, 0.3) is 0 Å². The number of halogens is 1. The summed E-state index contributed by atoms with van der Waals surface area (Å²) in [6.07, 6.45) is 0.182. The summed E-state index contributed by atoms with van der Waals surface area (Å²) in [4.78, 5) is 41.7. The number of methoxy groups -OCH3 is 1. The Kier molecular flexibility index (Phi) is 7.64. The average molecular weight is 473 g/mol. The molecule has 7 nitrogen and oxygen atoms in total. The zero-order valence-electron chi connectivity index (χ0n) is 19.3. The van der Waals surface area contributed by atoms with Crippen LogP contribution in [0, 0.1) is 0 Å². The summed E-state index contributed by atoms with van der Waals surface area (Å²) >= 11 is 6.27. The molecule has 0 radical (unpaired) electrons. The molecule has 3 rings (SSSR count). The zero-order valence-corrected chi connectivity index (χ0v) is 20.1. The topological polar surface area (TPSA) is 76.2 Å². The number of benzene rings is 2. The summed E-state index contributed by atoms with van der Waals surface area (Å²) in [6, 6.07) is 13.9. The highest BCUT2D eigenvalue weighted by atomic mass is 35.5. The second-order valence-corrected chi connectivity index (χ2v) is 9.28. The number of rotatable bonds is 6. The van der Waals surface area contributed by atoms with Crippen molar-refractivity contribution in [2.45, 2.75) is 45.3 Å². The summed E-state index contributed by atoms with van der Waals surface area (Å²) in [5.74, 6) is -0.892. The van der Waals surface area contributed by atoms with Crippen molar-refractivity contribution >= 4 is 35.3 Å². The van der Waals surface area contributed by atoms with Crippen LogP contribution in [0.3, 0.4) is 0 Å². The highest BCUT2D eigenvalue weighted by Gasteiger charge is 2.42. The number of para-hydroxylation sites is 1. The summed E-state index contributed by atoms with van der Waals surface area (Å²) in [5, 5.41) is 0.589. The van der Waals surface area contributed by atoms with E-state index in [0.717, 1.165) is 11.1 Å².